The first-order valence-corrected chi connectivity index (χ1v) is 7.21. The first-order chi connectivity index (χ1) is 10.2. The summed E-state index contributed by atoms with van der Waals surface area (Å²) in [4.78, 5) is 10.8. The fraction of sp³-hybridized carbons (Fsp3) is 0.118. The monoisotopic (exact) mass is 346 g/mol. The average Bonchev–Trinajstić information content (AvgIpc) is 2.53. The Balaban J connectivity index is 2.06. The predicted octanol–water partition coefficient (Wildman–Crippen LogP) is 4.36. The summed E-state index contributed by atoms with van der Waals surface area (Å²) < 4.78 is 11.6. The van der Waals surface area contributed by atoms with E-state index in [0.717, 1.165) is 11.8 Å². The van der Waals surface area contributed by atoms with Gasteiger partial charge in [0.2, 0.25) is 0 Å². The molecule has 0 fully saturated rings. The van der Waals surface area contributed by atoms with E-state index in [4.69, 9.17) is 9.47 Å². The fourth-order valence-corrected chi connectivity index (χ4v) is 2.40. The van der Waals surface area contributed by atoms with Crippen LogP contribution in [0, 0.1) is 0 Å². The molecule has 21 heavy (non-hydrogen) atoms. The molecule has 0 aromatic heterocycles. The first kappa shape index (κ1) is 15.3. The molecule has 0 saturated heterocycles. The summed E-state index contributed by atoms with van der Waals surface area (Å²) in [5.41, 5.74) is 1.65. The van der Waals surface area contributed by atoms with E-state index >= 15 is 0 Å². The summed E-state index contributed by atoms with van der Waals surface area (Å²) in [6, 6.07) is 13.3. The molecule has 0 N–H and O–H groups in total. The fourth-order valence-electron chi connectivity index (χ4n) is 1.83. The molecule has 4 heteroatoms. The van der Waals surface area contributed by atoms with Crippen molar-refractivity contribution in [2.75, 3.05) is 13.7 Å². The summed E-state index contributed by atoms with van der Waals surface area (Å²) in [6.45, 7) is 0.407. The Morgan fingerprint density at radius 2 is 1.90 bits per heavy atom. The Morgan fingerprint density at radius 3 is 2.57 bits per heavy atom. The van der Waals surface area contributed by atoms with Crippen LogP contribution in [0.3, 0.4) is 0 Å². The number of ether oxygens (including phenoxy) is 2. The van der Waals surface area contributed by atoms with Gasteiger partial charge in [-0.1, -0.05) is 36.4 Å². The molecule has 0 unspecified atom stereocenters. The van der Waals surface area contributed by atoms with Gasteiger partial charge in [0.05, 0.1) is 11.6 Å². The lowest BCUT2D eigenvalue weighted by molar-refractivity contribution is 0.112. The van der Waals surface area contributed by atoms with Gasteiger partial charge in [-0.15, -0.1) is 0 Å². The molecule has 0 heterocycles. The maximum absolute atomic E-state index is 10.8. The molecule has 0 aliphatic heterocycles. The lowest BCUT2D eigenvalue weighted by Gasteiger charge is -2.11. The standard InChI is InChI=1S/C17H15BrO3/c1-20-16-11-14(12-19)10-15(18)17(16)21-9-5-8-13-6-3-2-4-7-13/h2-8,10-12H,9H2,1H3/b8-5+. The third-order valence-electron chi connectivity index (χ3n) is 2.82. The molecule has 0 aliphatic carbocycles. The predicted molar refractivity (Wildman–Crippen MR) is 87.1 cm³/mol. The van der Waals surface area contributed by atoms with Crippen molar-refractivity contribution in [2.45, 2.75) is 0 Å². The van der Waals surface area contributed by atoms with Crippen LogP contribution >= 0.6 is 15.9 Å². The maximum Gasteiger partial charge on any atom is 0.175 e. The van der Waals surface area contributed by atoms with Crippen LogP contribution in [0.25, 0.3) is 6.08 Å². The van der Waals surface area contributed by atoms with E-state index in [2.05, 4.69) is 15.9 Å². The second-order valence-electron chi connectivity index (χ2n) is 4.28. The van der Waals surface area contributed by atoms with Crippen molar-refractivity contribution in [3.8, 4) is 11.5 Å². The van der Waals surface area contributed by atoms with Crippen molar-refractivity contribution >= 4 is 28.3 Å². The largest absolute Gasteiger partial charge is 0.493 e. The Hall–Kier alpha value is -2.07. The van der Waals surface area contributed by atoms with Gasteiger partial charge in [0.1, 0.15) is 12.9 Å². The molecule has 0 amide bonds. The minimum atomic E-state index is 0.407. The number of rotatable bonds is 6. The highest BCUT2D eigenvalue weighted by molar-refractivity contribution is 9.10. The SMILES string of the molecule is COc1cc(C=O)cc(Br)c1OC/C=C/c1ccccc1. The third-order valence-corrected chi connectivity index (χ3v) is 3.41. The van der Waals surface area contributed by atoms with Gasteiger partial charge in [-0.25, -0.2) is 0 Å². The van der Waals surface area contributed by atoms with E-state index < -0.39 is 0 Å². The highest BCUT2D eigenvalue weighted by Gasteiger charge is 2.10. The lowest BCUT2D eigenvalue weighted by Crippen LogP contribution is -1.98. The van der Waals surface area contributed by atoms with E-state index in [-0.39, 0.29) is 0 Å². The summed E-state index contributed by atoms with van der Waals surface area (Å²) in [5, 5.41) is 0. The molecule has 2 rings (SSSR count). The van der Waals surface area contributed by atoms with Gasteiger partial charge in [0.25, 0.3) is 0 Å². The normalized spacial score (nSPS) is 10.6. The topological polar surface area (TPSA) is 35.5 Å². The van der Waals surface area contributed by atoms with E-state index in [1.807, 2.05) is 42.5 Å². The van der Waals surface area contributed by atoms with Crippen molar-refractivity contribution in [1.82, 2.24) is 0 Å². The van der Waals surface area contributed by atoms with E-state index in [9.17, 15) is 4.79 Å². The first-order valence-electron chi connectivity index (χ1n) is 6.41. The van der Waals surface area contributed by atoms with Gasteiger partial charge in [-0.3, -0.25) is 4.79 Å². The Kier molecular flexibility index (Phi) is 5.58. The Bertz CT molecular complexity index is 636. The van der Waals surface area contributed by atoms with Crippen LogP contribution in [-0.4, -0.2) is 20.0 Å². The van der Waals surface area contributed by atoms with Gasteiger partial charge in [-0.05, 0) is 39.7 Å². The van der Waals surface area contributed by atoms with Crippen LogP contribution in [0.1, 0.15) is 15.9 Å². The quantitative estimate of drug-likeness (QED) is 0.729. The summed E-state index contributed by atoms with van der Waals surface area (Å²) >= 11 is 3.39. The number of hydrogen-bond donors (Lipinski definition) is 0. The highest BCUT2D eigenvalue weighted by Crippen LogP contribution is 2.36. The van der Waals surface area contributed by atoms with Crippen molar-refractivity contribution in [1.29, 1.82) is 0 Å². The molecule has 0 atom stereocenters. The van der Waals surface area contributed by atoms with Crippen molar-refractivity contribution < 1.29 is 14.3 Å². The molecule has 108 valence electrons. The molecule has 0 radical (unpaired) electrons. The highest BCUT2D eigenvalue weighted by atomic mass is 79.9. The molecule has 2 aromatic carbocycles. The lowest BCUT2D eigenvalue weighted by atomic mass is 10.2. The molecule has 0 aliphatic rings. The second-order valence-corrected chi connectivity index (χ2v) is 5.13. The van der Waals surface area contributed by atoms with Gasteiger partial charge >= 0.3 is 0 Å². The minimum Gasteiger partial charge on any atom is -0.493 e. The summed E-state index contributed by atoms with van der Waals surface area (Å²) in [7, 11) is 1.54. The number of benzene rings is 2. The van der Waals surface area contributed by atoms with Crippen LogP contribution in [0.4, 0.5) is 0 Å². The van der Waals surface area contributed by atoms with Crippen molar-refractivity contribution in [2.24, 2.45) is 0 Å². The number of carbonyl (C=O) groups excluding carboxylic acids is 1. The number of aldehydes is 1. The second kappa shape index (κ2) is 7.64. The zero-order valence-electron chi connectivity index (χ0n) is 11.6. The van der Waals surface area contributed by atoms with Crippen molar-refractivity contribution in [3.63, 3.8) is 0 Å². The average molecular weight is 347 g/mol. The van der Waals surface area contributed by atoms with Crippen LogP contribution < -0.4 is 9.47 Å². The Labute approximate surface area is 132 Å². The zero-order valence-corrected chi connectivity index (χ0v) is 13.2. The van der Waals surface area contributed by atoms with E-state index in [1.165, 1.54) is 0 Å². The van der Waals surface area contributed by atoms with Crippen molar-refractivity contribution in [3.05, 3.63) is 64.1 Å². The zero-order chi connectivity index (χ0) is 15.1. The van der Waals surface area contributed by atoms with Crippen LogP contribution in [0.15, 0.2) is 53.0 Å². The maximum atomic E-state index is 10.8. The van der Waals surface area contributed by atoms with Crippen LogP contribution in [-0.2, 0) is 0 Å². The molecule has 3 nitrogen and oxygen atoms in total. The molecule has 0 spiro atoms. The third kappa shape index (κ3) is 4.20. The van der Waals surface area contributed by atoms with E-state index in [0.29, 0.717) is 28.1 Å². The summed E-state index contributed by atoms with van der Waals surface area (Å²) in [5.74, 6) is 1.11. The number of carbonyl (C=O) groups is 1. The van der Waals surface area contributed by atoms with Crippen LogP contribution in [0.5, 0.6) is 11.5 Å². The number of hydrogen-bond acceptors (Lipinski definition) is 3. The number of halogens is 1. The molecular weight excluding hydrogens is 332 g/mol. The molecule has 2 aromatic rings. The van der Waals surface area contributed by atoms with E-state index in [1.54, 1.807) is 19.2 Å². The smallest absolute Gasteiger partial charge is 0.175 e. The number of methoxy groups -OCH3 is 1. The van der Waals surface area contributed by atoms with Gasteiger partial charge in [0.15, 0.2) is 11.5 Å². The minimum absolute atomic E-state index is 0.407. The Morgan fingerprint density at radius 1 is 1.14 bits per heavy atom. The van der Waals surface area contributed by atoms with Gasteiger partial charge in [-0.2, -0.15) is 0 Å². The van der Waals surface area contributed by atoms with Crippen LogP contribution in [0.2, 0.25) is 0 Å². The van der Waals surface area contributed by atoms with Gasteiger partial charge in [0, 0.05) is 5.56 Å². The van der Waals surface area contributed by atoms with Gasteiger partial charge < -0.3 is 9.47 Å². The molecule has 0 saturated carbocycles. The summed E-state index contributed by atoms with van der Waals surface area (Å²) in [6.07, 6.45) is 4.68. The molecule has 0 bridgehead atoms. The molecular formula is C17H15BrO3.